The molecule has 0 aliphatic carbocycles. The van der Waals surface area contributed by atoms with E-state index in [2.05, 4.69) is 34.7 Å². The van der Waals surface area contributed by atoms with E-state index in [1.165, 1.54) is 12.2 Å². The van der Waals surface area contributed by atoms with Crippen LogP contribution in [-0.2, 0) is 6.54 Å². The number of aromatic nitrogens is 1. The Morgan fingerprint density at radius 2 is 1.95 bits per heavy atom. The Bertz CT molecular complexity index is 409. The Morgan fingerprint density at radius 3 is 2.53 bits per heavy atom. The van der Waals surface area contributed by atoms with Crippen molar-refractivity contribution in [3.8, 4) is 0 Å². The van der Waals surface area contributed by atoms with E-state index < -0.39 is 0 Å². The number of nitrogens with zero attached hydrogens (tertiary/aromatic N) is 3. The summed E-state index contributed by atoms with van der Waals surface area (Å²) in [5, 5.41) is 0. The van der Waals surface area contributed by atoms with Crippen molar-refractivity contribution < 1.29 is 0 Å². The van der Waals surface area contributed by atoms with E-state index in [0.29, 0.717) is 6.54 Å². The van der Waals surface area contributed by atoms with Crippen LogP contribution in [0.1, 0.15) is 25.1 Å². The van der Waals surface area contributed by atoms with Crippen LogP contribution < -0.4 is 10.6 Å². The minimum absolute atomic E-state index is 0.564. The summed E-state index contributed by atoms with van der Waals surface area (Å²) in [6.07, 6.45) is 1.92. The van der Waals surface area contributed by atoms with Gasteiger partial charge in [0.25, 0.3) is 0 Å². The van der Waals surface area contributed by atoms with Crippen molar-refractivity contribution in [2.45, 2.75) is 27.3 Å². The van der Waals surface area contributed by atoms with Gasteiger partial charge in [-0.05, 0) is 18.9 Å². The molecule has 1 aliphatic rings. The number of aryl methyl sites for hydroxylation is 1. The van der Waals surface area contributed by atoms with Crippen LogP contribution in [0.4, 0.5) is 5.69 Å². The Kier molecular flexibility index (Phi) is 4.77. The molecular weight excluding hydrogens is 236 g/mol. The summed E-state index contributed by atoms with van der Waals surface area (Å²) in [5.74, 6) is 0.745. The molecule has 0 aromatic carbocycles. The highest BCUT2D eigenvalue weighted by atomic mass is 15.3. The van der Waals surface area contributed by atoms with Crippen molar-refractivity contribution in [3.63, 3.8) is 0 Å². The molecule has 1 aromatic heterocycles. The molecule has 4 nitrogen and oxygen atoms in total. The fourth-order valence-corrected chi connectivity index (χ4v) is 2.71. The molecule has 4 heteroatoms. The molecule has 0 saturated carbocycles. The largest absolute Gasteiger partial charge is 0.369 e. The summed E-state index contributed by atoms with van der Waals surface area (Å²) in [4.78, 5) is 9.35. The van der Waals surface area contributed by atoms with Gasteiger partial charge in [-0.2, -0.15) is 0 Å². The van der Waals surface area contributed by atoms with E-state index in [4.69, 9.17) is 5.73 Å². The number of hydrogen-bond acceptors (Lipinski definition) is 4. The Labute approximate surface area is 116 Å². The lowest BCUT2D eigenvalue weighted by atomic mass is 10.1. The highest BCUT2D eigenvalue weighted by Crippen LogP contribution is 2.22. The molecule has 0 unspecified atom stereocenters. The van der Waals surface area contributed by atoms with E-state index in [9.17, 15) is 0 Å². The first kappa shape index (κ1) is 14.3. The van der Waals surface area contributed by atoms with Gasteiger partial charge in [-0.3, -0.25) is 9.88 Å². The van der Waals surface area contributed by atoms with Crippen LogP contribution in [-0.4, -0.2) is 42.6 Å². The van der Waals surface area contributed by atoms with Crippen molar-refractivity contribution in [2.24, 2.45) is 11.7 Å². The van der Waals surface area contributed by atoms with Gasteiger partial charge in [-0.1, -0.05) is 13.8 Å². The monoisotopic (exact) mass is 262 g/mol. The summed E-state index contributed by atoms with van der Waals surface area (Å²) in [7, 11) is 0. The van der Waals surface area contributed by atoms with Gasteiger partial charge in [0.15, 0.2) is 0 Å². The van der Waals surface area contributed by atoms with Crippen molar-refractivity contribution in [1.29, 1.82) is 0 Å². The molecule has 2 heterocycles. The lowest BCUT2D eigenvalue weighted by molar-refractivity contribution is 0.231. The van der Waals surface area contributed by atoms with Crippen LogP contribution in [0.15, 0.2) is 12.3 Å². The predicted octanol–water partition coefficient (Wildman–Crippen LogP) is 1.63. The number of nitrogens with two attached hydrogens (primary N) is 1. The van der Waals surface area contributed by atoms with Crippen molar-refractivity contribution >= 4 is 5.69 Å². The molecule has 0 bridgehead atoms. The lowest BCUT2D eigenvalue weighted by Gasteiger charge is -2.37. The van der Waals surface area contributed by atoms with Crippen LogP contribution in [0.25, 0.3) is 0 Å². The third kappa shape index (κ3) is 3.67. The quantitative estimate of drug-likeness (QED) is 0.896. The van der Waals surface area contributed by atoms with Gasteiger partial charge in [0.1, 0.15) is 0 Å². The van der Waals surface area contributed by atoms with E-state index in [1.807, 2.05) is 13.1 Å². The minimum Gasteiger partial charge on any atom is -0.369 e. The molecule has 106 valence electrons. The molecule has 2 rings (SSSR count). The smallest absolute Gasteiger partial charge is 0.0446 e. The Hall–Kier alpha value is -1.13. The predicted molar refractivity (Wildman–Crippen MR) is 80.4 cm³/mol. The van der Waals surface area contributed by atoms with E-state index in [1.54, 1.807) is 0 Å². The van der Waals surface area contributed by atoms with Crippen LogP contribution in [0.3, 0.4) is 0 Å². The molecule has 2 N–H and O–H groups in total. The first-order valence-corrected chi connectivity index (χ1v) is 7.23. The molecule has 1 aromatic rings. The van der Waals surface area contributed by atoms with Crippen molar-refractivity contribution in [1.82, 2.24) is 9.88 Å². The van der Waals surface area contributed by atoms with Gasteiger partial charge in [0, 0.05) is 62.4 Å². The lowest BCUT2D eigenvalue weighted by Crippen LogP contribution is -2.47. The second kappa shape index (κ2) is 6.35. The van der Waals surface area contributed by atoms with Gasteiger partial charge < -0.3 is 10.6 Å². The number of pyridine rings is 1. The van der Waals surface area contributed by atoms with E-state index in [0.717, 1.165) is 43.4 Å². The summed E-state index contributed by atoms with van der Waals surface area (Å²) >= 11 is 0. The van der Waals surface area contributed by atoms with Gasteiger partial charge >= 0.3 is 0 Å². The fourth-order valence-electron chi connectivity index (χ4n) is 2.71. The Morgan fingerprint density at radius 1 is 1.26 bits per heavy atom. The van der Waals surface area contributed by atoms with E-state index in [-0.39, 0.29) is 0 Å². The third-order valence-corrected chi connectivity index (χ3v) is 3.65. The molecule has 0 atom stereocenters. The SMILES string of the molecule is Cc1cc(N2CCN(CC(C)C)CC2)c(CN)cn1. The van der Waals surface area contributed by atoms with E-state index >= 15 is 0 Å². The van der Waals surface area contributed by atoms with Crippen molar-refractivity contribution in [3.05, 3.63) is 23.5 Å². The topological polar surface area (TPSA) is 45.4 Å². The first-order valence-electron chi connectivity index (χ1n) is 7.23. The maximum absolute atomic E-state index is 5.82. The van der Waals surface area contributed by atoms with Crippen LogP contribution >= 0.6 is 0 Å². The average molecular weight is 262 g/mol. The number of piperazine rings is 1. The minimum atomic E-state index is 0.564. The first-order chi connectivity index (χ1) is 9.10. The van der Waals surface area contributed by atoms with Gasteiger partial charge in [0.05, 0.1) is 0 Å². The van der Waals surface area contributed by atoms with Gasteiger partial charge in [-0.25, -0.2) is 0 Å². The van der Waals surface area contributed by atoms with Crippen LogP contribution in [0.5, 0.6) is 0 Å². The zero-order valence-corrected chi connectivity index (χ0v) is 12.4. The molecule has 0 spiro atoms. The molecule has 1 aliphatic heterocycles. The zero-order valence-electron chi connectivity index (χ0n) is 12.4. The van der Waals surface area contributed by atoms with Gasteiger partial charge in [0.2, 0.25) is 0 Å². The summed E-state index contributed by atoms with van der Waals surface area (Å²) < 4.78 is 0. The van der Waals surface area contributed by atoms with Crippen LogP contribution in [0, 0.1) is 12.8 Å². The summed E-state index contributed by atoms with van der Waals surface area (Å²) in [6.45, 7) is 12.8. The zero-order chi connectivity index (χ0) is 13.8. The highest BCUT2D eigenvalue weighted by Gasteiger charge is 2.19. The molecule has 1 fully saturated rings. The maximum atomic E-state index is 5.82. The standard InChI is InChI=1S/C15H26N4/c1-12(2)11-18-4-6-19(7-5-18)15-8-13(3)17-10-14(15)9-16/h8,10,12H,4-7,9,11,16H2,1-3H3. The molecule has 0 amide bonds. The molecular formula is C15H26N4. The second-order valence-corrected chi connectivity index (χ2v) is 5.84. The van der Waals surface area contributed by atoms with Crippen LogP contribution in [0.2, 0.25) is 0 Å². The maximum Gasteiger partial charge on any atom is 0.0446 e. The van der Waals surface area contributed by atoms with Gasteiger partial charge in [-0.15, -0.1) is 0 Å². The molecule has 0 radical (unpaired) electrons. The average Bonchev–Trinajstić information content (AvgIpc) is 2.39. The Balaban J connectivity index is 2.03. The summed E-state index contributed by atoms with van der Waals surface area (Å²) in [6, 6.07) is 2.17. The molecule has 19 heavy (non-hydrogen) atoms. The second-order valence-electron chi connectivity index (χ2n) is 5.84. The molecule has 1 saturated heterocycles. The number of anilines is 1. The fraction of sp³-hybridized carbons (Fsp3) is 0.667. The third-order valence-electron chi connectivity index (χ3n) is 3.65. The highest BCUT2D eigenvalue weighted by molar-refractivity contribution is 5.54. The number of hydrogen-bond donors (Lipinski definition) is 1. The van der Waals surface area contributed by atoms with Crippen molar-refractivity contribution in [2.75, 3.05) is 37.6 Å². The summed E-state index contributed by atoms with van der Waals surface area (Å²) in [5.41, 5.74) is 9.32. The number of rotatable bonds is 4. The normalized spacial score (nSPS) is 17.2.